The molecular formula is C26H23N5O5S. The third-order valence-corrected chi connectivity index (χ3v) is 6.13. The van der Waals surface area contributed by atoms with Crippen molar-refractivity contribution in [2.75, 3.05) is 20.0 Å². The lowest BCUT2D eigenvalue weighted by atomic mass is 10.1. The van der Waals surface area contributed by atoms with Gasteiger partial charge in [-0.1, -0.05) is 48.2 Å². The molecule has 1 aromatic heterocycles. The number of hydrogen-bond acceptors (Lipinski definition) is 8. The summed E-state index contributed by atoms with van der Waals surface area (Å²) in [5.41, 5.74) is 4.47. The summed E-state index contributed by atoms with van der Waals surface area (Å²) >= 11 is 1.19. The predicted octanol–water partition coefficient (Wildman–Crippen LogP) is 3.89. The molecule has 1 heterocycles. The van der Waals surface area contributed by atoms with Gasteiger partial charge in [0.1, 0.15) is 0 Å². The maximum absolute atomic E-state index is 12.5. The van der Waals surface area contributed by atoms with Gasteiger partial charge >= 0.3 is 5.97 Å². The summed E-state index contributed by atoms with van der Waals surface area (Å²) in [6, 6.07) is 21.4. The van der Waals surface area contributed by atoms with Crippen LogP contribution in [0.4, 0.5) is 0 Å². The number of nitrogens with zero attached hydrogens (tertiary/aromatic N) is 4. The minimum absolute atomic E-state index is 0.00875. The molecule has 10 nitrogen and oxygen atoms in total. The van der Waals surface area contributed by atoms with Crippen LogP contribution in [0.15, 0.2) is 83.1 Å². The van der Waals surface area contributed by atoms with Crippen molar-refractivity contribution in [3.63, 3.8) is 0 Å². The number of carboxylic acids is 1. The predicted molar refractivity (Wildman–Crippen MR) is 140 cm³/mol. The molecule has 4 rings (SSSR count). The molecule has 0 unspecified atom stereocenters. The molecule has 11 heteroatoms. The molecular weight excluding hydrogens is 494 g/mol. The van der Waals surface area contributed by atoms with Gasteiger partial charge in [-0.25, -0.2) is 10.2 Å². The number of aromatic nitrogens is 3. The van der Waals surface area contributed by atoms with E-state index in [1.165, 1.54) is 24.0 Å². The Bertz CT molecular complexity index is 1440. The zero-order chi connectivity index (χ0) is 26.2. The van der Waals surface area contributed by atoms with Gasteiger partial charge in [0, 0.05) is 16.8 Å². The van der Waals surface area contributed by atoms with Crippen LogP contribution in [0.2, 0.25) is 0 Å². The molecule has 0 saturated carbocycles. The highest BCUT2D eigenvalue weighted by atomic mass is 32.2. The number of benzene rings is 3. The van der Waals surface area contributed by atoms with Gasteiger partial charge in [0.25, 0.3) is 5.91 Å². The van der Waals surface area contributed by atoms with E-state index in [0.717, 1.165) is 11.3 Å². The highest BCUT2D eigenvalue weighted by molar-refractivity contribution is 7.99. The van der Waals surface area contributed by atoms with E-state index in [-0.39, 0.29) is 17.2 Å². The monoisotopic (exact) mass is 517 g/mol. The minimum Gasteiger partial charge on any atom is -0.493 e. The molecule has 188 valence electrons. The molecule has 0 aliphatic rings. The van der Waals surface area contributed by atoms with Crippen molar-refractivity contribution >= 4 is 29.9 Å². The number of rotatable bonds is 10. The number of methoxy groups -OCH3 is 2. The third-order valence-electron chi connectivity index (χ3n) is 5.21. The number of carboxylic acid groups (broad SMARTS) is 1. The van der Waals surface area contributed by atoms with Crippen molar-refractivity contribution in [1.82, 2.24) is 20.2 Å². The molecule has 0 saturated heterocycles. The lowest BCUT2D eigenvalue weighted by Crippen LogP contribution is -2.20. The number of carbonyl (C=O) groups excluding carboxylic acids is 1. The average Bonchev–Trinajstić information content (AvgIpc) is 3.36. The molecule has 0 spiro atoms. The maximum atomic E-state index is 12.5. The Morgan fingerprint density at radius 3 is 2.46 bits per heavy atom. The zero-order valence-electron chi connectivity index (χ0n) is 20.0. The summed E-state index contributed by atoms with van der Waals surface area (Å²) in [6.07, 6.45) is 1.30. The van der Waals surface area contributed by atoms with E-state index in [1.54, 1.807) is 38.5 Å². The first-order valence-corrected chi connectivity index (χ1v) is 12.0. The maximum Gasteiger partial charge on any atom is 0.336 e. The number of para-hydroxylation sites is 1. The van der Waals surface area contributed by atoms with Crippen molar-refractivity contribution in [2.24, 2.45) is 5.10 Å². The topological polar surface area (TPSA) is 128 Å². The van der Waals surface area contributed by atoms with Crippen LogP contribution >= 0.6 is 11.8 Å². The quantitative estimate of drug-likeness (QED) is 0.184. The fourth-order valence-corrected chi connectivity index (χ4v) is 4.22. The Hall–Kier alpha value is -4.64. The molecule has 3 aromatic carbocycles. The number of ether oxygens (including phenoxy) is 2. The molecule has 0 fully saturated rings. The Morgan fingerprint density at radius 2 is 1.73 bits per heavy atom. The number of nitrogens with one attached hydrogen (secondary N) is 1. The largest absolute Gasteiger partial charge is 0.493 e. The van der Waals surface area contributed by atoms with Gasteiger partial charge in [-0.3, -0.25) is 9.36 Å². The second-order valence-corrected chi connectivity index (χ2v) is 8.46. The van der Waals surface area contributed by atoms with Gasteiger partial charge < -0.3 is 14.6 Å². The molecule has 1 amide bonds. The summed E-state index contributed by atoms with van der Waals surface area (Å²) < 4.78 is 12.6. The first kappa shape index (κ1) is 25.5. The summed E-state index contributed by atoms with van der Waals surface area (Å²) in [6.45, 7) is 0. The van der Waals surface area contributed by atoms with Crippen molar-refractivity contribution < 1.29 is 24.2 Å². The number of amides is 1. The smallest absolute Gasteiger partial charge is 0.336 e. The lowest BCUT2D eigenvalue weighted by Gasteiger charge is -2.12. The van der Waals surface area contributed by atoms with Gasteiger partial charge in [-0.15, -0.1) is 10.2 Å². The SMILES string of the molecule is COc1ccc(-c2nnc(SCC(=O)N/N=C\c3ccccc3C(=O)O)n2-c2ccccc2)cc1OC. The number of aromatic carboxylic acids is 1. The van der Waals surface area contributed by atoms with Crippen LogP contribution < -0.4 is 14.9 Å². The van der Waals surface area contributed by atoms with Gasteiger partial charge in [0.15, 0.2) is 22.5 Å². The van der Waals surface area contributed by atoms with E-state index in [4.69, 9.17) is 9.47 Å². The fraction of sp³-hybridized carbons (Fsp3) is 0.115. The molecule has 0 radical (unpaired) electrons. The van der Waals surface area contributed by atoms with Crippen LogP contribution in [0.25, 0.3) is 17.1 Å². The van der Waals surface area contributed by atoms with Crippen LogP contribution in [-0.2, 0) is 4.79 Å². The molecule has 4 aromatic rings. The van der Waals surface area contributed by atoms with Gasteiger partial charge in [0.2, 0.25) is 0 Å². The molecule has 0 aliphatic carbocycles. The first-order chi connectivity index (χ1) is 18.0. The van der Waals surface area contributed by atoms with Crippen molar-refractivity contribution in [1.29, 1.82) is 0 Å². The number of hydrazone groups is 1. The van der Waals surface area contributed by atoms with Crippen LogP contribution in [0, 0.1) is 0 Å². The van der Waals surface area contributed by atoms with Crippen molar-refractivity contribution in [2.45, 2.75) is 5.16 Å². The highest BCUT2D eigenvalue weighted by Gasteiger charge is 2.19. The van der Waals surface area contributed by atoms with Crippen molar-refractivity contribution in [3.05, 3.63) is 83.9 Å². The number of thioether (sulfide) groups is 1. The summed E-state index contributed by atoms with van der Waals surface area (Å²) in [5, 5.41) is 22.4. The second kappa shape index (κ2) is 11.9. The lowest BCUT2D eigenvalue weighted by molar-refractivity contribution is -0.118. The van der Waals surface area contributed by atoms with E-state index < -0.39 is 5.97 Å². The molecule has 37 heavy (non-hydrogen) atoms. The third kappa shape index (κ3) is 5.96. The van der Waals surface area contributed by atoms with Gasteiger partial charge in [-0.2, -0.15) is 5.10 Å². The summed E-state index contributed by atoms with van der Waals surface area (Å²) in [4.78, 5) is 23.8. The van der Waals surface area contributed by atoms with Crippen LogP contribution in [-0.4, -0.2) is 57.9 Å². The average molecular weight is 518 g/mol. The molecule has 0 bridgehead atoms. The van der Waals surface area contributed by atoms with E-state index >= 15 is 0 Å². The van der Waals surface area contributed by atoms with Crippen LogP contribution in [0.5, 0.6) is 11.5 Å². The Labute approximate surface area is 217 Å². The second-order valence-electron chi connectivity index (χ2n) is 7.52. The molecule has 2 N–H and O–H groups in total. The highest BCUT2D eigenvalue weighted by Crippen LogP contribution is 2.34. The Kier molecular flexibility index (Phi) is 8.16. The number of carbonyl (C=O) groups is 2. The Balaban J connectivity index is 1.54. The van der Waals surface area contributed by atoms with E-state index in [0.29, 0.717) is 28.0 Å². The standard InChI is InChI=1S/C26H23N5O5S/c1-35-21-13-12-17(14-22(21)36-2)24-29-30-26(31(24)19-9-4-3-5-10-19)37-16-23(32)28-27-15-18-8-6-7-11-20(18)25(33)34/h3-15H,16H2,1-2H3,(H,28,32)(H,33,34)/b27-15-. The van der Waals surface area contributed by atoms with E-state index in [2.05, 4.69) is 20.7 Å². The number of hydrogen-bond donors (Lipinski definition) is 2. The first-order valence-electron chi connectivity index (χ1n) is 11.0. The van der Waals surface area contributed by atoms with E-state index in [9.17, 15) is 14.7 Å². The van der Waals surface area contributed by atoms with Crippen LogP contribution in [0.1, 0.15) is 15.9 Å². The zero-order valence-corrected chi connectivity index (χ0v) is 20.8. The van der Waals surface area contributed by atoms with E-state index in [1.807, 2.05) is 47.0 Å². The summed E-state index contributed by atoms with van der Waals surface area (Å²) in [7, 11) is 3.13. The Morgan fingerprint density at radius 1 is 1.00 bits per heavy atom. The summed E-state index contributed by atoms with van der Waals surface area (Å²) in [5.74, 6) is 0.264. The fourth-order valence-electron chi connectivity index (χ4n) is 3.48. The van der Waals surface area contributed by atoms with Gasteiger partial charge in [-0.05, 0) is 36.4 Å². The van der Waals surface area contributed by atoms with Crippen molar-refractivity contribution in [3.8, 4) is 28.6 Å². The normalized spacial score (nSPS) is 10.9. The molecule has 0 atom stereocenters. The van der Waals surface area contributed by atoms with Crippen LogP contribution in [0.3, 0.4) is 0 Å². The molecule has 0 aliphatic heterocycles. The van der Waals surface area contributed by atoms with Gasteiger partial charge in [0.05, 0.1) is 31.8 Å². The minimum atomic E-state index is -1.07.